The van der Waals surface area contributed by atoms with Gasteiger partial charge in [-0.25, -0.2) is 0 Å². The number of hydrogen-bond donors (Lipinski definition) is 0. The molecule has 0 fully saturated rings. The molecule has 3 heterocycles. The van der Waals surface area contributed by atoms with Gasteiger partial charge in [-0.05, 0) is 43.3 Å². The Balaban J connectivity index is 1.54. The zero-order valence-electron chi connectivity index (χ0n) is 12.1. The Morgan fingerprint density at radius 1 is 1.38 bits per heavy atom. The van der Waals surface area contributed by atoms with E-state index in [1.807, 2.05) is 0 Å². The first-order valence-corrected chi connectivity index (χ1v) is 8.79. The number of likely N-dealkylation sites (N-methyl/N-ethyl adjacent to an activating group) is 1. The van der Waals surface area contributed by atoms with Crippen molar-refractivity contribution in [2.75, 3.05) is 26.7 Å². The van der Waals surface area contributed by atoms with Gasteiger partial charge in [-0.1, -0.05) is 12.1 Å². The second-order valence-electron chi connectivity index (χ2n) is 5.21. The van der Waals surface area contributed by atoms with Crippen LogP contribution in [0.3, 0.4) is 0 Å². The minimum absolute atomic E-state index is 0.694. The number of rotatable bonds is 6. The van der Waals surface area contributed by atoms with E-state index in [9.17, 15) is 0 Å². The molecular weight excluding hydrogens is 302 g/mol. The summed E-state index contributed by atoms with van der Waals surface area (Å²) >= 11 is 3.04. The number of aromatic nitrogens is 2. The van der Waals surface area contributed by atoms with Crippen molar-refractivity contribution in [1.29, 1.82) is 0 Å². The third-order valence-corrected chi connectivity index (χ3v) is 4.94. The maximum Gasteiger partial charge on any atom is 0.253 e. The van der Waals surface area contributed by atoms with Crippen LogP contribution in [0.25, 0.3) is 5.57 Å². The van der Waals surface area contributed by atoms with Crippen molar-refractivity contribution in [2.24, 2.45) is 0 Å². The van der Waals surface area contributed by atoms with Crippen LogP contribution < -0.4 is 4.74 Å². The highest BCUT2D eigenvalue weighted by Crippen LogP contribution is 2.27. The molecule has 0 N–H and O–H groups in total. The second kappa shape index (κ2) is 7.15. The van der Waals surface area contributed by atoms with Crippen LogP contribution in [0.4, 0.5) is 0 Å². The molecule has 0 atom stereocenters. The number of thiophene rings is 1. The van der Waals surface area contributed by atoms with Crippen LogP contribution >= 0.6 is 23.1 Å². The first kappa shape index (κ1) is 14.7. The van der Waals surface area contributed by atoms with Gasteiger partial charge in [0.15, 0.2) is 0 Å². The fourth-order valence-corrected chi connectivity index (χ4v) is 3.69. The molecule has 1 aliphatic rings. The standard InChI is InChI=1S/C15H19N3OS2/c1-18-8-2-5-12(11-18)14-15(17-21-16-14)19-9-3-6-13-7-4-10-20-13/h4-5,7,10H,2-3,6,8-9,11H2,1H3. The summed E-state index contributed by atoms with van der Waals surface area (Å²) in [6, 6.07) is 4.26. The number of hydrogen-bond acceptors (Lipinski definition) is 6. The molecular formula is C15H19N3OS2. The predicted octanol–water partition coefficient (Wildman–Crippen LogP) is 3.33. The molecule has 0 saturated carbocycles. The Bertz CT molecular complexity index is 592. The summed E-state index contributed by atoms with van der Waals surface area (Å²) in [5.74, 6) is 0.702. The zero-order chi connectivity index (χ0) is 14.5. The molecule has 0 saturated heterocycles. The molecule has 0 radical (unpaired) electrons. The van der Waals surface area contributed by atoms with Gasteiger partial charge < -0.3 is 9.64 Å². The normalized spacial score (nSPS) is 16.0. The minimum Gasteiger partial charge on any atom is -0.475 e. The third kappa shape index (κ3) is 3.90. The number of nitrogens with zero attached hydrogens (tertiary/aromatic N) is 3. The molecule has 2 aromatic rings. The minimum atomic E-state index is 0.694. The molecule has 0 amide bonds. The predicted molar refractivity (Wildman–Crippen MR) is 88.1 cm³/mol. The average molecular weight is 321 g/mol. The van der Waals surface area contributed by atoms with Gasteiger partial charge in [0.25, 0.3) is 5.88 Å². The molecule has 21 heavy (non-hydrogen) atoms. The summed E-state index contributed by atoms with van der Waals surface area (Å²) in [7, 11) is 2.13. The topological polar surface area (TPSA) is 38.2 Å². The van der Waals surface area contributed by atoms with Crippen LogP contribution in [0.5, 0.6) is 5.88 Å². The largest absolute Gasteiger partial charge is 0.475 e. The van der Waals surface area contributed by atoms with Gasteiger partial charge in [-0.15, -0.1) is 15.7 Å². The first-order valence-electron chi connectivity index (χ1n) is 7.18. The van der Waals surface area contributed by atoms with E-state index in [2.05, 4.69) is 44.3 Å². The second-order valence-corrected chi connectivity index (χ2v) is 6.77. The zero-order valence-corrected chi connectivity index (χ0v) is 13.8. The molecule has 3 rings (SSSR count). The third-order valence-electron chi connectivity index (χ3n) is 3.49. The lowest BCUT2D eigenvalue weighted by molar-refractivity contribution is 0.300. The average Bonchev–Trinajstić information content (AvgIpc) is 3.15. The van der Waals surface area contributed by atoms with Gasteiger partial charge in [0.05, 0.1) is 18.3 Å². The molecule has 0 unspecified atom stereocenters. The van der Waals surface area contributed by atoms with Gasteiger partial charge >= 0.3 is 0 Å². The van der Waals surface area contributed by atoms with Crippen LogP contribution in [0, 0.1) is 0 Å². The molecule has 2 aromatic heterocycles. The smallest absolute Gasteiger partial charge is 0.253 e. The quantitative estimate of drug-likeness (QED) is 0.765. The molecule has 0 aliphatic carbocycles. The Morgan fingerprint density at radius 3 is 3.14 bits per heavy atom. The summed E-state index contributed by atoms with van der Waals surface area (Å²) in [6.07, 6.45) is 5.41. The SMILES string of the molecule is CN1CCC=C(c2nsnc2OCCCc2cccs2)C1. The van der Waals surface area contributed by atoms with E-state index in [1.165, 1.54) is 22.2 Å². The highest BCUT2D eigenvalue weighted by Gasteiger charge is 2.18. The van der Waals surface area contributed by atoms with Crippen LogP contribution in [-0.4, -0.2) is 40.4 Å². The lowest BCUT2D eigenvalue weighted by atomic mass is 10.1. The van der Waals surface area contributed by atoms with E-state index in [4.69, 9.17) is 4.74 Å². The first-order chi connectivity index (χ1) is 10.3. The number of ether oxygens (including phenoxy) is 1. The Kier molecular flexibility index (Phi) is 5.00. The Hall–Kier alpha value is -1.24. The summed E-state index contributed by atoms with van der Waals surface area (Å²) in [5, 5.41) is 2.12. The van der Waals surface area contributed by atoms with Gasteiger partial charge in [0.2, 0.25) is 0 Å². The van der Waals surface area contributed by atoms with Gasteiger partial charge in [0, 0.05) is 18.0 Å². The lowest BCUT2D eigenvalue weighted by Crippen LogP contribution is -2.25. The van der Waals surface area contributed by atoms with E-state index in [0.717, 1.165) is 38.0 Å². The molecule has 0 aromatic carbocycles. The maximum atomic E-state index is 5.85. The van der Waals surface area contributed by atoms with Crippen molar-refractivity contribution in [2.45, 2.75) is 19.3 Å². The molecule has 0 bridgehead atoms. The van der Waals surface area contributed by atoms with Gasteiger partial charge in [-0.3, -0.25) is 0 Å². The van der Waals surface area contributed by atoms with Crippen LogP contribution in [0.1, 0.15) is 23.4 Å². The molecule has 4 nitrogen and oxygen atoms in total. The van der Waals surface area contributed by atoms with E-state index in [1.54, 1.807) is 11.3 Å². The van der Waals surface area contributed by atoms with Crippen LogP contribution in [0.15, 0.2) is 23.6 Å². The van der Waals surface area contributed by atoms with Gasteiger partial charge in [-0.2, -0.15) is 4.37 Å². The molecule has 6 heteroatoms. The Labute approximate surface area is 133 Å². The summed E-state index contributed by atoms with van der Waals surface area (Å²) in [5.41, 5.74) is 2.17. The van der Waals surface area contributed by atoms with Crippen molar-refractivity contribution < 1.29 is 4.74 Å². The fraction of sp³-hybridized carbons (Fsp3) is 0.467. The van der Waals surface area contributed by atoms with Gasteiger partial charge in [0.1, 0.15) is 5.69 Å². The Morgan fingerprint density at radius 2 is 2.33 bits per heavy atom. The van der Waals surface area contributed by atoms with E-state index in [0.29, 0.717) is 12.5 Å². The van der Waals surface area contributed by atoms with Crippen molar-refractivity contribution in [3.05, 3.63) is 34.2 Å². The molecule has 112 valence electrons. The summed E-state index contributed by atoms with van der Waals surface area (Å²) < 4.78 is 14.6. The van der Waals surface area contributed by atoms with Crippen LogP contribution in [-0.2, 0) is 6.42 Å². The fourth-order valence-electron chi connectivity index (χ4n) is 2.41. The highest BCUT2D eigenvalue weighted by molar-refractivity contribution is 7.09. The monoisotopic (exact) mass is 321 g/mol. The van der Waals surface area contributed by atoms with Crippen molar-refractivity contribution in [3.63, 3.8) is 0 Å². The van der Waals surface area contributed by atoms with Crippen molar-refractivity contribution in [3.8, 4) is 5.88 Å². The van der Waals surface area contributed by atoms with E-state index >= 15 is 0 Å². The van der Waals surface area contributed by atoms with Crippen LogP contribution in [0.2, 0.25) is 0 Å². The van der Waals surface area contributed by atoms with Crippen molar-refractivity contribution in [1.82, 2.24) is 13.6 Å². The number of aryl methyl sites for hydroxylation is 1. The lowest BCUT2D eigenvalue weighted by Gasteiger charge is -2.22. The summed E-state index contributed by atoms with van der Waals surface area (Å²) in [6.45, 7) is 2.73. The molecule has 0 spiro atoms. The molecule has 1 aliphatic heterocycles. The summed E-state index contributed by atoms with van der Waals surface area (Å²) in [4.78, 5) is 3.71. The highest BCUT2D eigenvalue weighted by atomic mass is 32.1. The van der Waals surface area contributed by atoms with Crippen molar-refractivity contribution >= 4 is 28.6 Å². The van der Waals surface area contributed by atoms with E-state index in [-0.39, 0.29) is 0 Å². The maximum absolute atomic E-state index is 5.85. The van der Waals surface area contributed by atoms with E-state index < -0.39 is 0 Å².